The van der Waals surface area contributed by atoms with Crippen molar-refractivity contribution in [3.05, 3.63) is 59.7 Å². The number of fused-ring (bicyclic) bond motifs is 2. The molecule has 0 radical (unpaired) electrons. The van der Waals surface area contributed by atoms with Crippen molar-refractivity contribution in [2.24, 2.45) is 5.73 Å². The summed E-state index contributed by atoms with van der Waals surface area (Å²) in [5, 5.41) is 1.15. The molecule has 4 rings (SSSR count). The average Bonchev–Trinajstić information content (AvgIpc) is 2.96. The molecule has 2 N–H and O–H groups in total. The number of nitrogens with two attached hydrogens (primary N) is 1. The molecule has 1 aliphatic heterocycles. The van der Waals surface area contributed by atoms with Gasteiger partial charge in [-0.1, -0.05) is 30.3 Å². The number of aromatic nitrogens is 1. The Bertz CT molecular complexity index is 857. The van der Waals surface area contributed by atoms with E-state index in [2.05, 4.69) is 37.3 Å². The number of para-hydroxylation sites is 1. The molecule has 0 spiro atoms. The molecule has 110 valence electrons. The van der Waals surface area contributed by atoms with Crippen molar-refractivity contribution >= 4 is 10.9 Å². The van der Waals surface area contributed by atoms with Crippen molar-refractivity contribution in [3.63, 3.8) is 0 Å². The maximum absolute atomic E-state index is 6.04. The largest absolute Gasteiger partial charge is 0.488 e. The van der Waals surface area contributed by atoms with Crippen LogP contribution in [0.2, 0.25) is 0 Å². The van der Waals surface area contributed by atoms with Crippen LogP contribution in [0.5, 0.6) is 5.75 Å². The lowest BCUT2D eigenvalue weighted by Gasteiger charge is -2.12. The summed E-state index contributed by atoms with van der Waals surface area (Å²) < 4.78 is 6.04. The molecule has 3 aromatic rings. The molecule has 1 atom stereocenters. The molecule has 0 unspecified atom stereocenters. The van der Waals surface area contributed by atoms with Gasteiger partial charge in [-0.05, 0) is 36.2 Å². The van der Waals surface area contributed by atoms with Crippen LogP contribution in [0.4, 0.5) is 0 Å². The fraction of sp³-hybridized carbons (Fsp3) is 0.211. The average molecular weight is 290 g/mol. The fourth-order valence-corrected chi connectivity index (χ4v) is 3.13. The van der Waals surface area contributed by atoms with Crippen LogP contribution in [0.25, 0.3) is 22.2 Å². The highest BCUT2D eigenvalue weighted by atomic mass is 16.5. The van der Waals surface area contributed by atoms with Crippen LogP contribution in [-0.4, -0.2) is 17.6 Å². The summed E-state index contributed by atoms with van der Waals surface area (Å²) in [6.07, 6.45) is 0.963. The summed E-state index contributed by atoms with van der Waals surface area (Å²) in [5.41, 5.74) is 11.3. The first-order valence-electron chi connectivity index (χ1n) is 7.61. The molecule has 2 aromatic carbocycles. The Kier molecular flexibility index (Phi) is 3.09. The lowest BCUT2D eigenvalue weighted by atomic mass is 10.00. The van der Waals surface area contributed by atoms with Crippen molar-refractivity contribution < 1.29 is 4.74 Å². The third kappa shape index (κ3) is 2.14. The van der Waals surface area contributed by atoms with Gasteiger partial charge in [0.25, 0.3) is 0 Å². The maximum Gasteiger partial charge on any atom is 0.132 e. The van der Waals surface area contributed by atoms with Crippen LogP contribution < -0.4 is 10.5 Å². The molecule has 3 heteroatoms. The van der Waals surface area contributed by atoms with E-state index in [4.69, 9.17) is 15.5 Å². The quantitative estimate of drug-likeness (QED) is 0.786. The molecule has 0 bridgehead atoms. The van der Waals surface area contributed by atoms with Gasteiger partial charge in [0, 0.05) is 23.9 Å². The van der Waals surface area contributed by atoms with Crippen LogP contribution >= 0.6 is 0 Å². The Morgan fingerprint density at radius 2 is 2.05 bits per heavy atom. The molecular formula is C19H18N2O. The Hall–Kier alpha value is -2.39. The van der Waals surface area contributed by atoms with E-state index in [1.165, 1.54) is 11.1 Å². The molecule has 2 heterocycles. The van der Waals surface area contributed by atoms with Crippen LogP contribution in [-0.2, 0) is 6.42 Å². The fourth-order valence-electron chi connectivity index (χ4n) is 3.13. The summed E-state index contributed by atoms with van der Waals surface area (Å²) in [7, 11) is 0. The maximum atomic E-state index is 6.04. The van der Waals surface area contributed by atoms with Gasteiger partial charge in [-0.3, -0.25) is 0 Å². The molecule has 22 heavy (non-hydrogen) atoms. The van der Waals surface area contributed by atoms with Crippen LogP contribution in [0.3, 0.4) is 0 Å². The number of pyridine rings is 1. The van der Waals surface area contributed by atoms with Crippen molar-refractivity contribution in [2.45, 2.75) is 19.4 Å². The van der Waals surface area contributed by atoms with Gasteiger partial charge < -0.3 is 10.5 Å². The first-order chi connectivity index (χ1) is 10.7. The number of nitrogens with zero attached hydrogens (tertiary/aromatic N) is 1. The zero-order valence-corrected chi connectivity index (χ0v) is 12.5. The SMILES string of the molecule is Cc1cc2c(c(-c3ccc4ccccc4n3)c1)O[C@H](CN)C2. The summed E-state index contributed by atoms with van der Waals surface area (Å²) >= 11 is 0. The Labute approximate surface area is 129 Å². The normalized spacial score (nSPS) is 16.5. The topological polar surface area (TPSA) is 48.1 Å². The zero-order valence-electron chi connectivity index (χ0n) is 12.5. The monoisotopic (exact) mass is 290 g/mol. The molecule has 0 saturated carbocycles. The van der Waals surface area contributed by atoms with Crippen LogP contribution in [0.15, 0.2) is 48.5 Å². The lowest BCUT2D eigenvalue weighted by Crippen LogP contribution is -2.24. The Morgan fingerprint density at radius 3 is 2.91 bits per heavy atom. The van der Waals surface area contributed by atoms with E-state index in [-0.39, 0.29) is 6.10 Å². The number of rotatable bonds is 2. The highest BCUT2D eigenvalue weighted by molar-refractivity contribution is 5.83. The summed E-state index contributed by atoms with van der Waals surface area (Å²) in [4.78, 5) is 4.80. The first-order valence-corrected chi connectivity index (χ1v) is 7.61. The van der Waals surface area contributed by atoms with Gasteiger partial charge >= 0.3 is 0 Å². The minimum absolute atomic E-state index is 0.0796. The number of ether oxygens (including phenoxy) is 1. The summed E-state index contributed by atoms with van der Waals surface area (Å²) in [6, 6.07) is 16.7. The van der Waals surface area contributed by atoms with Crippen LogP contribution in [0, 0.1) is 6.92 Å². The third-order valence-electron chi connectivity index (χ3n) is 4.18. The lowest BCUT2D eigenvalue weighted by molar-refractivity contribution is 0.242. The number of aryl methyl sites for hydroxylation is 1. The van der Waals surface area contributed by atoms with Gasteiger partial charge in [-0.2, -0.15) is 0 Å². The minimum atomic E-state index is 0.0796. The van der Waals surface area contributed by atoms with Crippen molar-refractivity contribution in [1.29, 1.82) is 0 Å². The minimum Gasteiger partial charge on any atom is -0.488 e. The Balaban J connectivity index is 1.88. The number of benzene rings is 2. The van der Waals surface area contributed by atoms with Gasteiger partial charge in [0.1, 0.15) is 11.9 Å². The molecule has 1 aliphatic rings. The molecular weight excluding hydrogens is 272 g/mol. The van der Waals surface area contributed by atoms with E-state index in [0.717, 1.165) is 34.3 Å². The first kappa shape index (κ1) is 13.3. The van der Waals surface area contributed by atoms with Gasteiger partial charge in [0.2, 0.25) is 0 Å². The van der Waals surface area contributed by atoms with Gasteiger partial charge in [-0.25, -0.2) is 4.98 Å². The van der Waals surface area contributed by atoms with Crippen molar-refractivity contribution in [1.82, 2.24) is 4.98 Å². The van der Waals surface area contributed by atoms with Gasteiger partial charge in [0.15, 0.2) is 0 Å². The van der Waals surface area contributed by atoms with E-state index < -0.39 is 0 Å². The smallest absolute Gasteiger partial charge is 0.132 e. The molecule has 1 aromatic heterocycles. The van der Waals surface area contributed by atoms with Crippen LogP contribution in [0.1, 0.15) is 11.1 Å². The van der Waals surface area contributed by atoms with Crippen molar-refractivity contribution in [3.8, 4) is 17.0 Å². The molecule has 0 amide bonds. The van der Waals surface area contributed by atoms with E-state index >= 15 is 0 Å². The standard InChI is InChI=1S/C19H18N2O/c1-12-8-14-10-15(11-20)22-19(14)16(9-12)18-7-6-13-4-2-3-5-17(13)21-18/h2-9,15H,10-11,20H2,1H3/t15-/m0/s1. The number of hydrogen-bond acceptors (Lipinski definition) is 3. The molecule has 0 saturated heterocycles. The van der Waals surface area contributed by atoms with Crippen molar-refractivity contribution in [2.75, 3.05) is 6.54 Å². The predicted molar refractivity (Wildman–Crippen MR) is 89.1 cm³/mol. The Morgan fingerprint density at radius 1 is 1.18 bits per heavy atom. The predicted octanol–water partition coefficient (Wildman–Crippen LogP) is 3.47. The third-order valence-corrected chi connectivity index (χ3v) is 4.18. The van der Waals surface area contributed by atoms with E-state index in [9.17, 15) is 0 Å². The molecule has 3 nitrogen and oxygen atoms in total. The van der Waals surface area contributed by atoms with Gasteiger partial charge in [-0.15, -0.1) is 0 Å². The summed E-state index contributed by atoms with van der Waals surface area (Å²) in [5.74, 6) is 0.948. The molecule has 0 aliphatic carbocycles. The highest BCUT2D eigenvalue weighted by Gasteiger charge is 2.25. The number of hydrogen-bond donors (Lipinski definition) is 1. The second-order valence-corrected chi connectivity index (χ2v) is 5.87. The molecule has 0 fully saturated rings. The summed E-state index contributed by atoms with van der Waals surface area (Å²) in [6.45, 7) is 2.65. The second kappa shape index (κ2) is 5.11. The second-order valence-electron chi connectivity index (χ2n) is 5.87. The van der Waals surface area contributed by atoms with E-state index in [1.54, 1.807) is 0 Å². The van der Waals surface area contributed by atoms with E-state index in [0.29, 0.717) is 6.54 Å². The zero-order chi connectivity index (χ0) is 15.1. The van der Waals surface area contributed by atoms with E-state index in [1.807, 2.05) is 18.2 Å². The highest BCUT2D eigenvalue weighted by Crippen LogP contribution is 2.39. The van der Waals surface area contributed by atoms with Gasteiger partial charge in [0.05, 0.1) is 11.2 Å².